The number of nitrogens with zero attached hydrogens (tertiary/aromatic N) is 1. The van der Waals surface area contributed by atoms with E-state index < -0.39 is 0 Å². The van der Waals surface area contributed by atoms with Gasteiger partial charge in [-0.25, -0.2) is 0 Å². The van der Waals surface area contributed by atoms with Crippen LogP contribution in [0.1, 0.15) is 71.6 Å². The zero-order valence-electron chi connectivity index (χ0n) is 14.3. The van der Waals surface area contributed by atoms with E-state index in [-0.39, 0.29) is 0 Å². The molecule has 3 atom stereocenters. The van der Waals surface area contributed by atoms with Crippen LogP contribution in [-0.2, 0) is 0 Å². The van der Waals surface area contributed by atoms with Crippen molar-refractivity contribution in [3.8, 4) is 0 Å². The summed E-state index contributed by atoms with van der Waals surface area (Å²) in [6.45, 7) is 5.81. The number of hydrogen-bond donors (Lipinski definition) is 1. The molecular formula is C18H36N2. The van der Waals surface area contributed by atoms with Crippen LogP contribution in [0.2, 0.25) is 0 Å². The van der Waals surface area contributed by atoms with Gasteiger partial charge in [0.1, 0.15) is 0 Å². The van der Waals surface area contributed by atoms with Gasteiger partial charge in [-0.3, -0.25) is 0 Å². The molecule has 0 amide bonds. The Morgan fingerprint density at radius 3 is 2.25 bits per heavy atom. The molecule has 3 unspecified atom stereocenters. The average molecular weight is 281 g/mol. The Labute approximate surface area is 126 Å². The van der Waals surface area contributed by atoms with Gasteiger partial charge in [0.15, 0.2) is 0 Å². The number of nitrogens with one attached hydrogen (secondary N) is 1. The molecule has 1 N–H and O–H groups in total. The lowest BCUT2D eigenvalue weighted by atomic mass is 9.67. The molecule has 0 bridgehead atoms. The van der Waals surface area contributed by atoms with Gasteiger partial charge in [0, 0.05) is 11.6 Å². The standard InChI is InChI=1S/C18H36N2/c1-5-15-11-7-8-12-16(15)17(19-6-2)18(20(3)4)13-9-10-14-18/h15-17,19H,5-14H2,1-4H3. The van der Waals surface area contributed by atoms with Crippen LogP contribution in [0.25, 0.3) is 0 Å². The van der Waals surface area contributed by atoms with Crippen LogP contribution >= 0.6 is 0 Å². The maximum Gasteiger partial charge on any atom is 0.0359 e. The molecule has 2 aliphatic rings. The van der Waals surface area contributed by atoms with Crippen molar-refractivity contribution in [2.24, 2.45) is 11.8 Å². The molecule has 2 heteroatoms. The third kappa shape index (κ3) is 3.06. The normalized spacial score (nSPS) is 31.6. The Kier molecular flexibility index (Phi) is 5.92. The fourth-order valence-electron chi connectivity index (χ4n) is 5.17. The first kappa shape index (κ1) is 16.3. The first-order valence-corrected chi connectivity index (χ1v) is 9.06. The Morgan fingerprint density at radius 2 is 1.70 bits per heavy atom. The summed E-state index contributed by atoms with van der Waals surface area (Å²) in [5.74, 6) is 1.85. The molecule has 0 spiro atoms. The number of hydrogen-bond acceptors (Lipinski definition) is 2. The second-order valence-corrected chi connectivity index (χ2v) is 7.36. The number of rotatable bonds is 6. The second kappa shape index (κ2) is 7.26. The topological polar surface area (TPSA) is 15.3 Å². The molecule has 0 aromatic rings. The molecule has 0 heterocycles. The van der Waals surface area contributed by atoms with E-state index in [1.807, 2.05) is 0 Å². The summed E-state index contributed by atoms with van der Waals surface area (Å²) in [4.78, 5) is 2.56. The van der Waals surface area contributed by atoms with Crippen LogP contribution in [0.5, 0.6) is 0 Å². The molecule has 2 rings (SSSR count). The summed E-state index contributed by atoms with van der Waals surface area (Å²) >= 11 is 0. The van der Waals surface area contributed by atoms with E-state index in [1.54, 1.807) is 0 Å². The van der Waals surface area contributed by atoms with Crippen molar-refractivity contribution in [2.45, 2.75) is 83.2 Å². The SMILES string of the molecule is CCNC(C1CCCCC1CC)C1(N(C)C)CCCC1. The van der Waals surface area contributed by atoms with Crippen molar-refractivity contribution in [3.63, 3.8) is 0 Å². The Balaban J connectivity index is 2.23. The molecule has 118 valence electrons. The van der Waals surface area contributed by atoms with Crippen molar-refractivity contribution < 1.29 is 0 Å². The smallest absolute Gasteiger partial charge is 0.0359 e. The summed E-state index contributed by atoms with van der Waals surface area (Å²) in [6.07, 6.45) is 12.8. The van der Waals surface area contributed by atoms with E-state index in [1.165, 1.54) is 57.8 Å². The van der Waals surface area contributed by atoms with Crippen molar-refractivity contribution >= 4 is 0 Å². The van der Waals surface area contributed by atoms with Crippen molar-refractivity contribution in [3.05, 3.63) is 0 Å². The highest BCUT2D eigenvalue weighted by Gasteiger charge is 2.47. The van der Waals surface area contributed by atoms with Gasteiger partial charge in [-0.1, -0.05) is 52.4 Å². The Bertz CT molecular complexity index is 281. The molecule has 0 aromatic heterocycles. The monoisotopic (exact) mass is 280 g/mol. The van der Waals surface area contributed by atoms with E-state index in [2.05, 4.69) is 38.2 Å². The summed E-state index contributed by atoms with van der Waals surface area (Å²) < 4.78 is 0. The number of likely N-dealkylation sites (N-methyl/N-ethyl adjacent to an activating group) is 2. The highest BCUT2D eigenvalue weighted by atomic mass is 15.2. The molecule has 2 nitrogen and oxygen atoms in total. The lowest BCUT2D eigenvalue weighted by Gasteiger charge is -2.50. The minimum absolute atomic E-state index is 0.422. The van der Waals surface area contributed by atoms with Crippen LogP contribution in [0.4, 0.5) is 0 Å². The lowest BCUT2D eigenvalue weighted by molar-refractivity contribution is 0.0386. The average Bonchev–Trinajstić information content (AvgIpc) is 2.95. The van der Waals surface area contributed by atoms with Gasteiger partial charge in [-0.15, -0.1) is 0 Å². The first-order chi connectivity index (χ1) is 9.65. The van der Waals surface area contributed by atoms with Crippen LogP contribution in [0.15, 0.2) is 0 Å². The van der Waals surface area contributed by atoms with E-state index in [4.69, 9.17) is 0 Å². The van der Waals surface area contributed by atoms with Crippen LogP contribution in [0.3, 0.4) is 0 Å². The molecule has 2 aliphatic carbocycles. The highest BCUT2D eigenvalue weighted by molar-refractivity contribution is 5.05. The van der Waals surface area contributed by atoms with Gasteiger partial charge in [0.05, 0.1) is 0 Å². The fraction of sp³-hybridized carbons (Fsp3) is 1.00. The molecule has 0 aromatic carbocycles. The second-order valence-electron chi connectivity index (χ2n) is 7.36. The van der Waals surface area contributed by atoms with Gasteiger partial charge in [-0.05, 0) is 51.7 Å². The Hall–Kier alpha value is -0.0800. The zero-order valence-corrected chi connectivity index (χ0v) is 14.3. The van der Waals surface area contributed by atoms with Crippen molar-refractivity contribution in [2.75, 3.05) is 20.6 Å². The predicted octanol–water partition coefficient (Wildman–Crippen LogP) is 4.06. The van der Waals surface area contributed by atoms with E-state index >= 15 is 0 Å². The van der Waals surface area contributed by atoms with Crippen molar-refractivity contribution in [1.29, 1.82) is 0 Å². The van der Waals surface area contributed by atoms with Gasteiger partial charge >= 0.3 is 0 Å². The molecule has 2 fully saturated rings. The Morgan fingerprint density at radius 1 is 1.05 bits per heavy atom. The van der Waals surface area contributed by atoms with E-state index in [0.717, 1.165) is 18.4 Å². The largest absolute Gasteiger partial charge is 0.312 e. The molecule has 20 heavy (non-hydrogen) atoms. The van der Waals surface area contributed by atoms with Crippen LogP contribution < -0.4 is 5.32 Å². The minimum Gasteiger partial charge on any atom is -0.312 e. The lowest BCUT2D eigenvalue weighted by Crippen LogP contribution is -2.61. The molecular weight excluding hydrogens is 244 g/mol. The highest BCUT2D eigenvalue weighted by Crippen LogP contribution is 2.45. The van der Waals surface area contributed by atoms with E-state index in [9.17, 15) is 0 Å². The molecule has 0 radical (unpaired) electrons. The molecule has 2 saturated carbocycles. The molecule has 0 saturated heterocycles. The third-order valence-corrected chi connectivity index (χ3v) is 6.28. The van der Waals surface area contributed by atoms with Crippen molar-refractivity contribution in [1.82, 2.24) is 10.2 Å². The summed E-state index contributed by atoms with van der Waals surface area (Å²) in [5, 5.41) is 3.94. The predicted molar refractivity (Wildman–Crippen MR) is 88.1 cm³/mol. The summed E-state index contributed by atoms with van der Waals surface area (Å²) in [7, 11) is 4.64. The van der Waals surface area contributed by atoms with Gasteiger partial charge in [0.25, 0.3) is 0 Å². The van der Waals surface area contributed by atoms with Gasteiger partial charge in [-0.2, -0.15) is 0 Å². The minimum atomic E-state index is 0.422. The quantitative estimate of drug-likeness (QED) is 0.789. The van der Waals surface area contributed by atoms with Gasteiger partial charge < -0.3 is 10.2 Å². The van der Waals surface area contributed by atoms with Crippen LogP contribution in [0, 0.1) is 11.8 Å². The third-order valence-electron chi connectivity index (χ3n) is 6.28. The van der Waals surface area contributed by atoms with Gasteiger partial charge in [0.2, 0.25) is 0 Å². The van der Waals surface area contributed by atoms with Crippen LogP contribution in [-0.4, -0.2) is 37.1 Å². The maximum absolute atomic E-state index is 3.94. The first-order valence-electron chi connectivity index (χ1n) is 9.06. The molecule has 0 aliphatic heterocycles. The zero-order chi connectivity index (χ0) is 14.6. The fourth-order valence-corrected chi connectivity index (χ4v) is 5.17. The summed E-state index contributed by atoms with van der Waals surface area (Å²) in [6, 6.07) is 0.704. The summed E-state index contributed by atoms with van der Waals surface area (Å²) in [5.41, 5.74) is 0.422. The maximum atomic E-state index is 3.94. The van der Waals surface area contributed by atoms with E-state index in [0.29, 0.717) is 11.6 Å².